The second-order valence-corrected chi connectivity index (χ2v) is 13.3. The molecular weight excluding hydrogens is 607 g/mol. The third-order valence-electron chi connectivity index (χ3n) is 8.53. The highest BCUT2D eigenvalue weighted by molar-refractivity contribution is 7.92. The Labute approximate surface area is 274 Å². The van der Waals surface area contributed by atoms with Gasteiger partial charge in [-0.05, 0) is 77.9 Å². The van der Waals surface area contributed by atoms with Gasteiger partial charge in [0, 0.05) is 23.5 Å². The molecule has 8 heteroatoms. The van der Waals surface area contributed by atoms with Crippen LogP contribution in [0.2, 0.25) is 0 Å². The Morgan fingerprint density at radius 2 is 1.47 bits per heavy atom. The Kier molecular flexibility index (Phi) is 7.87. The van der Waals surface area contributed by atoms with Crippen LogP contribution in [0.25, 0.3) is 10.8 Å². The van der Waals surface area contributed by atoms with Crippen LogP contribution in [0.15, 0.2) is 144 Å². The molecule has 7 rings (SSSR count). The fraction of sp³-hybridized carbons (Fsp3) is 0.103. The Morgan fingerprint density at radius 1 is 0.766 bits per heavy atom. The summed E-state index contributed by atoms with van der Waals surface area (Å²) in [6.45, 7) is 2.49. The first-order valence-corrected chi connectivity index (χ1v) is 16.8. The van der Waals surface area contributed by atoms with E-state index in [1.54, 1.807) is 48.4 Å². The predicted octanol–water partition coefficient (Wildman–Crippen LogP) is 8.32. The first-order valence-electron chi connectivity index (χ1n) is 15.3. The number of hydrogen-bond donors (Lipinski definition) is 1. The lowest BCUT2D eigenvalue weighted by molar-refractivity contribution is 0.0968. The smallest absolute Gasteiger partial charge is 0.262 e. The molecule has 0 radical (unpaired) electrons. The van der Waals surface area contributed by atoms with Crippen molar-refractivity contribution in [1.29, 1.82) is 0 Å². The number of benzene rings is 6. The summed E-state index contributed by atoms with van der Waals surface area (Å²) in [4.78, 5) is 18.8. The van der Waals surface area contributed by atoms with Crippen molar-refractivity contribution in [2.45, 2.75) is 24.5 Å². The van der Waals surface area contributed by atoms with E-state index in [0.29, 0.717) is 34.9 Å². The fourth-order valence-electron chi connectivity index (χ4n) is 6.19. The van der Waals surface area contributed by atoms with Crippen molar-refractivity contribution in [2.75, 3.05) is 21.6 Å². The number of sulfonamides is 1. The molecule has 47 heavy (non-hydrogen) atoms. The van der Waals surface area contributed by atoms with E-state index in [1.165, 1.54) is 6.07 Å². The number of rotatable bonds is 8. The number of nitrogens with zero attached hydrogens (tertiary/aromatic N) is 2. The maximum absolute atomic E-state index is 14.8. The van der Waals surface area contributed by atoms with E-state index in [2.05, 4.69) is 46.0 Å². The molecule has 0 fully saturated rings. The van der Waals surface area contributed by atoms with Crippen LogP contribution in [0.4, 0.5) is 17.1 Å². The van der Waals surface area contributed by atoms with E-state index in [4.69, 9.17) is 4.74 Å². The second-order valence-electron chi connectivity index (χ2n) is 11.6. The van der Waals surface area contributed by atoms with Crippen molar-refractivity contribution in [3.05, 3.63) is 162 Å². The van der Waals surface area contributed by atoms with Crippen LogP contribution < -0.4 is 19.3 Å². The first kappa shape index (κ1) is 30.1. The average molecular weight is 640 g/mol. The number of nitrogens with one attached hydrogen (secondary N) is 1. The van der Waals surface area contributed by atoms with Crippen molar-refractivity contribution in [1.82, 2.24) is 0 Å². The van der Waals surface area contributed by atoms with Gasteiger partial charge >= 0.3 is 0 Å². The van der Waals surface area contributed by atoms with Crippen LogP contribution in [0.1, 0.15) is 33.2 Å². The van der Waals surface area contributed by atoms with Crippen molar-refractivity contribution in [3.8, 4) is 5.75 Å². The summed E-state index contributed by atoms with van der Waals surface area (Å²) in [7, 11) is -2.48. The zero-order chi connectivity index (χ0) is 32.5. The number of carbonyl (C=O) groups excluding carboxylic acids is 1. The Bertz CT molecular complexity index is 2180. The van der Waals surface area contributed by atoms with Crippen LogP contribution in [-0.4, -0.2) is 21.4 Å². The Morgan fingerprint density at radius 3 is 2.21 bits per heavy atom. The van der Waals surface area contributed by atoms with Gasteiger partial charge in [-0.2, -0.15) is 0 Å². The molecule has 1 heterocycles. The van der Waals surface area contributed by atoms with E-state index < -0.39 is 16.2 Å². The summed E-state index contributed by atoms with van der Waals surface area (Å²) in [5.74, 6) is 0.329. The molecule has 234 valence electrons. The van der Waals surface area contributed by atoms with Gasteiger partial charge in [-0.1, -0.05) is 90.5 Å². The topological polar surface area (TPSA) is 78.9 Å². The lowest BCUT2D eigenvalue weighted by atomic mass is 9.95. The first-order chi connectivity index (χ1) is 22.8. The predicted molar refractivity (Wildman–Crippen MR) is 188 cm³/mol. The minimum Gasteiger partial charge on any atom is -0.497 e. The number of hydrogen-bond acceptors (Lipinski definition) is 5. The van der Waals surface area contributed by atoms with Crippen LogP contribution >= 0.6 is 0 Å². The van der Waals surface area contributed by atoms with Crippen LogP contribution in [0, 0.1) is 6.92 Å². The molecule has 0 aliphatic carbocycles. The Balaban J connectivity index is 1.42. The highest BCUT2D eigenvalue weighted by Gasteiger charge is 2.41. The van der Waals surface area contributed by atoms with Crippen LogP contribution in [0.5, 0.6) is 5.75 Å². The number of ether oxygens (including phenoxy) is 1. The molecule has 1 amide bonds. The molecule has 7 nitrogen and oxygen atoms in total. The molecule has 0 aromatic heterocycles. The summed E-state index contributed by atoms with van der Waals surface area (Å²) in [6.07, 6.45) is -0.524. The molecule has 6 aromatic rings. The van der Waals surface area contributed by atoms with E-state index in [9.17, 15) is 13.2 Å². The minimum atomic E-state index is -4.03. The van der Waals surface area contributed by atoms with Gasteiger partial charge in [0.15, 0.2) is 0 Å². The zero-order valence-corrected chi connectivity index (χ0v) is 26.8. The molecule has 0 saturated heterocycles. The molecule has 6 aromatic carbocycles. The molecule has 1 N–H and O–H groups in total. The number of carbonyl (C=O) groups is 1. The third kappa shape index (κ3) is 5.79. The summed E-state index contributed by atoms with van der Waals surface area (Å²) < 4.78 is 35.2. The van der Waals surface area contributed by atoms with Gasteiger partial charge in [0.05, 0.1) is 23.3 Å². The lowest BCUT2D eigenvalue weighted by Gasteiger charge is -2.46. The lowest BCUT2D eigenvalue weighted by Crippen LogP contribution is -2.49. The highest BCUT2D eigenvalue weighted by atomic mass is 32.2. The zero-order valence-electron chi connectivity index (χ0n) is 26.0. The van der Waals surface area contributed by atoms with Gasteiger partial charge in [-0.25, -0.2) is 8.42 Å². The molecular formula is C39H33N3O4S. The van der Waals surface area contributed by atoms with Crippen LogP contribution in [0.3, 0.4) is 0 Å². The monoisotopic (exact) mass is 639 g/mol. The molecule has 0 saturated carbocycles. The SMILES string of the molecule is COc1ccc(NS(=O)(=O)c2ccc3c(c2)C(=O)N(c2ccc(C)cc2)[C@@H](c2cccc4ccccc24)N3Cc2ccccc2)cc1. The van der Waals surface area contributed by atoms with Crippen molar-refractivity contribution >= 4 is 43.8 Å². The number of methoxy groups -OCH3 is 1. The highest BCUT2D eigenvalue weighted by Crippen LogP contribution is 2.45. The minimum absolute atomic E-state index is 0.00690. The number of anilines is 3. The summed E-state index contributed by atoms with van der Waals surface area (Å²) in [5, 5.41) is 2.10. The maximum atomic E-state index is 14.8. The van der Waals surface area contributed by atoms with E-state index in [-0.39, 0.29) is 10.8 Å². The normalized spacial score (nSPS) is 14.6. The van der Waals surface area contributed by atoms with Gasteiger partial charge in [0.2, 0.25) is 0 Å². The second kappa shape index (κ2) is 12.3. The van der Waals surface area contributed by atoms with E-state index in [1.807, 2.05) is 67.6 Å². The van der Waals surface area contributed by atoms with Gasteiger partial charge in [-0.3, -0.25) is 14.4 Å². The number of aryl methyl sites for hydroxylation is 1. The number of amides is 1. The summed E-state index contributed by atoms with van der Waals surface area (Å²) in [5.41, 5.74) is 5.15. The van der Waals surface area contributed by atoms with E-state index in [0.717, 1.165) is 27.5 Å². The Hall–Kier alpha value is -5.60. The van der Waals surface area contributed by atoms with E-state index >= 15 is 0 Å². The number of fused-ring (bicyclic) bond motifs is 2. The fourth-order valence-corrected chi connectivity index (χ4v) is 7.27. The maximum Gasteiger partial charge on any atom is 0.262 e. The van der Waals surface area contributed by atoms with Gasteiger partial charge < -0.3 is 9.64 Å². The molecule has 0 spiro atoms. The van der Waals surface area contributed by atoms with Crippen molar-refractivity contribution in [3.63, 3.8) is 0 Å². The largest absolute Gasteiger partial charge is 0.497 e. The summed E-state index contributed by atoms with van der Waals surface area (Å²) in [6, 6.07) is 43.7. The standard InChI is InChI=1S/C39H33N3O4S/c1-27-15-19-31(20-16-27)42-38(35-14-8-12-29-11-6-7-13-34(29)35)41(26-28-9-4-3-5-10-28)37-24-23-33(25-36(37)39(42)43)47(44,45)40-30-17-21-32(46-2)22-18-30/h3-25,38,40H,26H2,1-2H3/t38-/m0/s1. The molecule has 0 bridgehead atoms. The molecule has 1 aliphatic rings. The molecule has 1 aliphatic heterocycles. The van der Waals surface area contributed by atoms with Gasteiger partial charge in [0.25, 0.3) is 15.9 Å². The molecule has 1 atom stereocenters. The van der Waals surface area contributed by atoms with Crippen molar-refractivity contribution < 1.29 is 17.9 Å². The third-order valence-corrected chi connectivity index (χ3v) is 9.91. The summed E-state index contributed by atoms with van der Waals surface area (Å²) >= 11 is 0. The van der Waals surface area contributed by atoms with Gasteiger partial charge in [-0.15, -0.1) is 0 Å². The van der Waals surface area contributed by atoms with Crippen LogP contribution in [-0.2, 0) is 16.6 Å². The average Bonchev–Trinajstić information content (AvgIpc) is 3.10. The molecule has 0 unspecified atom stereocenters. The van der Waals surface area contributed by atoms with Crippen molar-refractivity contribution in [2.24, 2.45) is 0 Å². The quantitative estimate of drug-likeness (QED) is 0.181. The van der Waals surface area contributed by atoms with Gasteiger partial charge in [0.1, 0.15) is 11.9 Å².